The van der Waals surface area contributed by atoms with E-state index in [-0.39, 0.29) is 10.0 Å². The Morgan fingerprint density at radius 2 is 1.76 bits per heavy atom. The van der Waals surface area contributed by atoms with Crippen LogP contribution in [0.3, 0.4) is 0 Å². The van der Waals surface area contributed by atoms with Crippen LogP contribution in [0.5, 0.6) is 5.75 Å². The van der Waals surface area contributed by atoms with Crippen LogP contribution >= 0.6 is 23.2 Å². The second-order valence-electron chi connectivity index (χ2n) is 4.47. The Morgan fingerprint density at radius 3 is 2.33 bits per heavy atom. The second kappa shape index (κ2) is 6.50. The number of rotatable bonds is 4. The molecule has 2 rings (SSSR count). The average molecular weight is 332 g/mol. The van der Waals surface area contributed by atoms with Gasteiger partial charge in [-0.05, 0) is 31.2 Å². The summed E-state index contributed by atoms with van der Waals surface area (Å²) in [6, 6.07) is 6.36. The minimum Gasteiger partial charge on any atom is -0.496 e. The summed E-state index contributed by atoms with van der Waals surface area (Å²) in [7, 11) is 1.46. The second-order valence-corrected chi connectivity index (χ2v) is 5.28. The van der Waals surface area contributed by atoms with Gasteiger partial charge in [0.1, 0.15) is 17.4 Å². The van der Waals surface area contributed by atoms with Crippen molar-refractivity contribution in [1.82, 2.24) is 0 Å². The first-order valence-corrected chi connectivity index (χ1v) is 6.93. The summed E-state index contributed by atoms with van der Waals surface area (Å²) < 4.78 is 32.3. The molecule has 2 nitrogen and oxygen atoms in total. The van der Waals surface area contributed by atoms with Crippen LogP contribution in [0.2, 0.25) is 10.0 Å². The smallest absolute Gasteiger partial charge is 0.132 e. The van der Waals surface area contributed by atoms with Gasteiger partial charge in [0, 0.05) is 0 Å². The average Bonchev–Trinajstić information content (AvgIpc) is 2.42. The van der Waals surface area contributed by atoms with Gasteiger partial charge in [-0.2, -0.15) is 0 Å². The summed E-state index contributed by atoms with van der Waals surface area (Å²) >= 11 is 11.9. The highest BCUT2D eigenvalue weighted by molar-refractivity contribution is 6.39. The zero-order valence-electron chi connectivity index (χ0n) is 11.4. The Labute approximate surface area is 131 Å². The predicted molar refractivity (Wildman–Crippen MR) is 81.4 cm³/mol. The minimum atomic E-state index is -0.535. The van der Waals surface area contributed by atoms with Gasteiger partial charge in [-0.15, -0.1) is 0 Å². The molecular weight excluding hydrogens is 319 g/mol. The number of nitrogens with one attached hydrogen (secondary N) is 1. The molecule has 112 valence electrons. The fourth-order valence-electron chi connectivity index (χ4n) is 2.08. The predicted octanol–water partition coefficient (Wildman–Crippen LogP) is 5.45. The molecule has 0 aromatic heterocycles. The van der Waals surface area contributed by atoms with E-state index in [4.69, 9.17) is 27.9 Å². The van der Waals surface area contributed by atoms with E-state index in [2.05, 4.69) is 5.32 Å². The number of halogens is 4. The Kier molecular flexibility index (Phi) is 4.91. The van der Waals surface area contributed by atoms with Crippen molar-refractivity contribution in [1.29, 1.82) is 0 Å². The van der Waals surface area contributed by atoms with Crippen LogP contribution < -0.4 is 10.1 Å². The first kappa shape index (κ1) is 15.9. The molecule has 0 aliphatic carbocycles. The highest BCUT2D eigenvalue weighted by atomic mass is 35.5. The zero-order valence-corrected chi connectivity index (χ0v) is 12.9. The minimum absolute atomic E-state index is 0.127. The van der Waals surface area contributed by atoms with Crippen molar-refractivity contribution >= 4 is 28.9 Å². The van der Waals surface area contributed by atoms with Gasteiger partial charge in [-0.1, -0.05) is 29.3 Å². The fraction of sp³-hybridized carbons (Fsp3) is 0.200. The van der Waals surface area contributed by atoms with Crippen LogP contribution in [0.1, 0.15) is 18.5 Å². The number of methoxy groups -OCH3 is 1. The quantitative estimate of drug-likeness (QED) is 0.803. The lowest BCUT2D eigenvalue weighted by Gasteiger charge is -2.20. The molecule has 2 aromatic rings. The van der Waals surface area contributed by atoms with Gasteiger partial charge in [0.15, 0.2) is 0 Å². The Morgan fingerprint density at radius 1 is 1.14 bits per heavy atom. The van der Waals surface area contributed by atoms with Crippen molar-refractivity contribution in [2.45, 2.75) is 13.0 Å². The van der Waals surface area contributed by atoms with Crippen LogP contribution in [0.15, 0.2) is 30.3 Å². The van der Waals surface area contributed by atoms with Crippen molar-refractivity contribution in [3.8, 4) is 5.75 Å². The number of anilines is 1. The summed E-state index contributed by atoms with van der Waals surface area (Å²) in [6.07, 6.45) is 0. The fourth-order valence-corrected chi connectivity index (χ4v) is 2.65. The molecule has 0 aliphatic heterocycles. The third-order valence-corrected chi connectivity index (χ3v) is 3.63. The first-order valence-electron chi connectivity index (χ1n) is 6.17. The molecule has 6 heteroatoms. The maximum Gasteiger partial charge on any atom is 0.132 e. The van der Waals surface area contributed by atoms with Gasteiger partial charge < -0.3 is 10.1 Å². The standard InChI is InChI=1S/C15H13Cl2F2NO/c1-8(14-12(19)4-3-5-13(14)21-2)20-15-10(16)6-9(18)7-11(15)17/h3-8,20H,1-2H3. The van der Waals surface area contributed by atoms with E-state index in [9.17, 15) is 8.78 Å². The molecule has 0 radical (unpaired) electrons. The topological polar surface area (TPSA) is 21.3 Å². The lowest BCUT2D eigenvalue weighted by Crippen LogP contribution is -2.11. The normalized spacial score (nSPS) is 12.1. The molecule has 1 atom stereocenters. The SMILES string of the molecule is COc1cccc(F)c1C(C)Nc1c(Cl)cc(F)cc1Cl. The molecule has 1 unspecified atom stereocenters. The van der Waals surface area contributed by atoms with Crippen molar-refractivity contribution in [3.63, 3.8) is 0 Å². The summed E-state index contributed by atoms with van der Waals surface area (Å²) in [5.41, 5.74) is 0.689. The lowest BCUT2D eigenvalue weighted by molar-refractivity contribution is 0.402. The van der Waals surface area contributed by atoms with E-state index < -0.39 is 17.7 Å². The molecule has 0 heterocycles. The van der Waals surface area contributed by atoms with Crippen LogP contribution in [0.25, 0.3) is 0 Å². The van der Waals surface area contributed by atoms with Crippen molar-refractivity contribution in [2.75, 3.05) is 12.4 Å². The molecule has 0 aliphatic rings. The van der Waals surface area contributed by atoms with Crippen LogP contribution in [-0.4, -0.2) is 7.11 Å². The van der Waals surface area contributed by atoms with E-state index in [0.29, 0.717) is 17.0 Å². The third-order valence-electron chi connectivity index (χ3n) is 3.03. The molecule has 0 bridgehead atoms. The molecule has 0 spiro atoms. The Hall–Kier alpha value is -1.52. The zero-order chi connectivity index (χ0) is 15.6. The summed E-state index contributed by atoms with van der Waals surface area (Å²) in [5.74, 6) is -0.542. The Balaban J connectivity index is 2.37. The summed E-state index contributed by atoms with van der Waals surface area (Å²) in [6.45, 7) is 1.73. The number of benzene rings is 2. The largest absolute Gasteiger partial charge is 0.496 e. The van der Waals surface area contributed by atoms with Gasteiger partial charge in [0.05, 0.1) is 34.4 Å². The highest BCUT2D eigenvalue weighted by Crippen LogP contribution is 2.36. The molecular formula is C15H13Cl2F2NO. The van der Waals surface area contributed by atoms with Gasteiger partial charge >= 0.3 is 0 Å². The molecule has 21 heavy (non-hydrogen) atoms. The highest BCUT2D eigenvalue weighted by Gasteiger charge is 2.19. The molecule has 0 fully saturated rings. The van der Waals surface area contributed by atoms with Crippen molar-refractivity contribution < 1.29 is 13.5 Å². The Bertz CT molecular complexity index is 641. The van der Waals surface area contributed by atoms with Gasteiger partial charge in [0.25, 0.3) is 0 Å². The molecule has 2 aromatic carbocycles. The number of hydrogen-bond acceptors (Lipinski definition) is 2. The molecule has 0 saturated carbocycles. The van der Waals surface area contributed by atoms with E-state index in [1.165, 1.54) is 13.2 Å². The van der Waals surface area contributed by atoms with E-state index in [1.54, 1.807) is 19.1 Å². The monoisotopic (exact) mass is 331 g/mol. The van der Waals surface area contributed by atoms with Crippen LogP contribution in [-0.2, 0) is 0 Å². The van der Waals surface area contributed by atoms with Gasteiger partial charge in [-0.25, -0.2) is 8.78 Å². The maximum absolute atomic E-state index is 14.0. The van der Waals surface area contributed by atoms with Crippen LogP contribution in [0.4, 0.5) is 14.5 Å². The molecule has 0 amide bonds. The first-order chi connectivity index (χ1) is 9.93. The van der Waals surface area contributed by atoms with Crippen molar-refractivity contribution in [3.05, 3.63) is 57.6 Å². The third kappa shape index (κ3) is 3.39. The number of ether oxygens (including phenoxy) is 1. The number of hydrogen-bond donors (Lipinski definition) is 1. The lowest BCUT2D eigenvalue weighted by atomic mass is 10.1. The van der Waals surface area contributed by atoms with Crippen LogP contribution in [0, 0.1) is 11.6 Å². The summed E-state index contributed by atoms with van der Waals surface area (Å²) in [4.78, 5) is 0. The van der Waals surface area contributed by atoms with Gasteiger partial charge in [0.2, 0.25) is 0 Å². The van der Waals surface area contributed by atoms with Crippen molar-refractivity contribution in [2.24, 2.45) is 0 Å². The molecule has 0 saturated heterocycles. The van der Waals surface area contributed by atoms with E-state index in [0.717, 1.165) is 12.1 Å². The van der Waals surface area contributed by atoms with Gasteiger partial charge in [-0.3, -0.25) is 0 Å². The van der Waals surface area contributed by atoms with E-state index >= 15 is 0 Å². The molecule has 1 N–H and O–H groups in total. The summed E-state index contributed by atoms with van der Waals surface area (Å²) in [5, 5.41) is 3.24. The van der Waals surface area contributed by atoms with E-state index in [1.807, 2.05) is 0 Å². The maximum atomic E-state index is 14.0.